The van der Waals surface area contributed by atoms with E-state index < -0.39 is 0 Å². The Morgan fingerprint density at radius 3 is 2.32 bits per heavy atom. The predicted octanol–water partition coefficient (Wildman–Crippen LogP) is 5.45. The van der Waals surface area contributed by atoms with Gasteiger partial charge in [-0.1, -0.05) is 52.5 Å². The summed E-state index contributed by atoms with van der Waals surface area (Å²) in [7, 11) is 1.62. The van der Waals surface area contributed by atoms with Crippen LogP contribution in [0.4, 0.5) is 0 Å². The van der Waals surface area contributed by atoms with Crippen LogP contribution in [-0.2, 0) is 0 Å². The third kappa shape index (κ3) is 6.70. The molecule has 1 aromatic rings. The van der Waals surface area contributed by atoms with Crippen molar-refractivity contribution < 1.29 is 9.47 Å². The van der Waals surface area contributed by atoms with Crippen LogP contribution < -0.4 is 9.47 Å². The van der Waals surface area contributed by atoms with Gasteiger partial charge in [0.2, 0.25) is 0 Å². The van der Waals surface area contributed by atoms with Crippen molar-refractivity contribution in [2.75, 3.05) is 7.11 Å². The number of hydrogen-bond acceptors (Lipinski definition) is 2. The monoisotopic (exact) mass is 262 g/mol. The van der Waals surface area contributed by atoms with Crippen molar-refractivity contribution in [3.8, 4) is 11.5 Å². The zero-order chi connectivity index (χ0) is 14.7. The van der Waals surface area contributed by atoms with Gasteiger partial charge in [0.05, 0.1) is 12.9 Å². The van der Waals surface area contributed by atoms with Crippen molar-refractivity contribution in [1.29, 1.82) is 0 Å². The van der Waals surface area contributed by atoms with E-state index in [9.17, 15) is 0 Å². The molecule has 0 aliphatic heterocycles. The normalized spacial score (nSPS) is 9.05. The summed E-state index contributed by atoms with van der Waals surface area (Å²) in [6, 6.07) is 5.70. The molecule has 19 heavy (non-hydrogen) atoms. The van der Waals surface area contributed by atoms with Crippen LogP contribution in [0.5, 0.6) is 11.5 Å². The molecule has 0 spiro atoms. The van der Waals surface area contributed by atoms with Gasteiger partial charge in [-0.25, -0.2) is 0 Å². The molecule has 0 amide bonds. The first-order chi connectivity index (χ1) is 9.12. The van der Waals surface area contributed by atoms with Crippen molar-refractivity contribution in [2.45, 2.75) is 40.0 Å². The van der Waals surface area contributed by atoms with Crippen molar-refractivity contribution in [3.63, 3.8) is 0 Å². The highest BCUT2D eigenvalue weighted by Gasteiger charge is 2.06. The van der Waals surface area contributed by atoms with Gasteiger partial charge in [-0.3, -0.25) is 0 Å². The summed E-state index contributed by atoms with van der Waals surface area (Å²) in [4.78, 5) is 0. The van der Waals surface area contributed by atoms with Gasteiger partial charge in [-0.2, -0.15) is 0 Å². The van der Waals surface area contributed by atoms with E-state index in [-0.39, 0.29) is 0 Å². The molecule has 0 aliphatic rings. The Morgan fingerprint density at radius 1 is 1.21 bits per heavy atom. The molecular formula is C17H26O2. The van der Waals surface area contributed by atoms with E-state index in [1.807, 2.05) is 18.2 Å². The molecular weight excluding hydrogens is 236 g/mol. The first-order valence-electron chi connectivity index (χ1n) is 6.78. The summed E-state index contributed by atoms with van der Waals surface area (Å²) in [6.07, 6.45) is 4.89. The van der Waals surface area contributed by atoms with E-state index in [2.05, 4.69) is 33.9 Å². The van der Waals surface area contributed by atoms with Crippen LogP contribution in [0, 0.1) is 0 Å². The van der Waals surface area contributed by atoms with Crippen LogP contribution in [0.2, 0.25) is 0 Å². The first-order valence-corrected chi connectivity index (χ1v) is 6.78. The van der Waals surface area contributed by atoms with Gasteiger partial charge < -0.3 is 9.47 Å². The zero-order valence-electron chi connectivity index (χ0n) is 12.7. The van der Waals surface area contributed by atoms with Crippen molar-refractivity contribution in [3.05, 3.63) is 42.7 Å². The molecule has 2 heteroatoms. The maximum absolute atomic E-state index is 5.62. The second-order valence-corrected chi connectivity index (χ2v) is 4.21. The van der Waals surface area contributed by atoms with Crippen LogP contribution in [0.15, 0.2) is 37.1 Å². The van der Waals surface area contributed by atoms with Crippen molar-refractivity contribution in [2.24, 2.45) is 0 Å². The number of hydrogen-bond donors (Lipinski definition) is 0. The molecule has 0 bridgehead atoms. The lowest BCUT2D eigenvalue weighted by Gasteiger charge is -2.12. The summed E-state index contributed by atoms with van der Waals surface area (Å²) in [6.45, 7) is 13.9. The molecule has 0 N–H and O–H groups in total. The van der Waals surface area contributed by atoms with E-state index in [1.165, 1.54) is 6.42 Å². The van der Waals surface area contributed by atoms with E-state index in [4.69, 9.17) is 9.47 Å². The van der Waals surface area contributed by atoms with Crippen LogP contribution in [0.1, 0.15) is 45.6 Å². The minimum absolute atomic E-state index is 0.701. The van der Waals surface area contributed by atoms with Crippen LogP contribution >= 0.6 is 0 Å². The molecule has 0 heterocycles. The molecule has 0 unspecified atom stereocenters. The molecule has 0 aliphatic carbocycles. The largest absolute Gasteiger partial charge is 0.493 e. The Bertz CT molecular complexity index is 394. The number of allylic oxidation sites excluding steroid dienone is 1. The van der Waals surface area contributed by atoms with E-state index in [0.717, 1.165) is 24.2 Å². The SMILES string of the molecule is C=Cc1ccc(OC(=C)CCC)c(OC)c1.CCC. The van der Waals surface area contributed by atoms with E-state index in [0.29, 0.717) is 11.5 Å². The molecule has 2 nitrogen and oxygen atoms in total. The zero-order valence-corrected chi connectivity index (χ0v) is 12.7. The third-order valence-electron chi connectivity index (χ3n) is 2.21. The van der Waals surface area contributed by atoms with Crippen LogP contribution in [0.3, 0.4) is 0 Å². The second kappa shape index (κ2) is 10.2. The maximum Gasteiger partial charge on any atom is 0.168 e. The lowest BCUT2D eigenvalue weighted by molar-refractivity contribution is 0.352. The summed E-state index contributed by atoms with van der Waals surface area (Å²) in [5, 5.41) is 0. The van der Waals surface area contributed by atoms with Gasteiger partial charge in [0.25, 0.3) is 0 Å². The first kappa shape index (κ1) is 17.3. The number of benzene rings is 1. The van der Waals surface area contributed by atoms with Gasteiger partial charge in [-0.05, 0) is 24.1 Å². The quantitative estimate of drug-likeness (QED) is 0.635. The predicted molar refractivity (Wildman–Crippen MR) is 83.7 cm³/mol. The number of methoxy groups -OCH3 is 1. The summed E-state index contributed by atoms with van der Waals surface area (Å²) < 4.78 is 10.9. The Morgan fingerprint density at radius 2 is 1.84 bits per heavy atom. The van der Waals surface area contributed by atoms with Gasteiger partial charge >= 0.3 is 0 Å². The van der Waals surface area contributed by atoms with E-state index in [1.54, 1.807) is 13.2 Å². The van der Waals surface area contributed by atoms with Crippen LogP contribution in [-0.4, -0.2) is 7.11 Å². The van der Waals surface area contributed by atoms with E-state index >= 15 is 0 Å². The minimum Gasteiger partial charge on any atom is -0.493 e. The molecule has 0 aromatic heterocycles. The molecule has 0 saturated carbocycles. The maximum atomic E-state index is 5.62. The van der Waals surface area contributed by atoms with Crippen LogP contribution in [0.25, 0.3) is 6.08 Å². The fourth-order valence-electron chi connectivity index (χ4n) is 1.38. The van der Waals surface area contributed by atoms with Gasteiger partial charge in [0.15, 0.2) is 11.5 Å². The average molecular weight is 262 g/mol. The van der Waals surface area contributed by atoms with Crippen molar-refractivity contribution in [1.82, 2.24) is 0 Å². The Balaban J connectivity index is 0.000000982. The topological polar surface area (TPSA) is 18.5 Å². The number of rotatable bonds is 6. The molecule has 0 atom stereocenters. The Labute approximate surface area is 117 Å². The molecule has 0 saturated heterocycles. The third-order valence-corrected chi connectivity index (χ3v) is 2.21. The van der Waals surface area contributed by atoms with Crippen molar-refractivity contribution >= 4 is 6.08 Å². The highest BCUT2D eigenvalue weighted by molar-refractivity contribution is 5.54. The fourth-order valence-corrected chi connectivity index (χ4v) is 1.38. The van der Waals surface area contributed by atoms with Gasteiger partial charge in [0, 0.05) is 6.42 Å². The Kier molecular flexibility index (Phi) is 9.33. The molecule has 0 fully saturated rings. The average Bonchev–Trinajstić information content (AvgIpc) is 2.40. The standard InChI is InChI=1S/C14H18O2.C3H8/c1-5-7-11(3)16-13-9-8-12(6-2)10-14(13)15-4;1-3-2/h6,8-10H,2-3,5,7H2,1,4H3;3H2,1-2H3. The molecule has 1 aromatic carbocycles. The molecule has 106 valence electrons. The highest BCUT2D eigenvalue weighted by Crippen LogP contribution is 2.30. The van der Waals surface area contributed by atoms with Gasteiger partial charge in [-0.15, -0.1) is 0 Å². The Hall–Kier alpha value is -1.70. The minimum atomic E-state index is 0.701. The summed E-state index contributed by atoms with van der Waals surface area (Å²) in [5.41, 5.74) is 1.00. The summed E-state index contributed by atoms with van der Waals surface area (Å²) in [5.74, 6) is 2.16. The summed E-state index contributed by atoms with van der Waals surface area (Å²) >= 11 is 0. The number of ether oxygens (including phenoxy) is 2. The lowest BCUT2D eigenvalue weighted by atomic mass is 10.2. The van der Waals surface area contributed by atoms with Gasteiger partial charge in [0.1, 0.15) is 0 Å². The highest BCUT2D eigenvalue weighted by atomic mass is 16.5. The second-order valence-electron chi connectivity index (χ2n) is 4.21. The fraction of sp³-hybridized carbons (Fsp3) is 0.412. The lowest BCUT2D eigenvalue weighted by Crippen LogP contribution is -1.96. The smallest absolute Gasteiger partial charge is 0.168 e. The molecule has 1 rings (SSSR count). The molecule has 0 radical (unpaired) electrons.